The van der Waals surface area contributed by atoms with Crippen LogP contribution in [0.3, 0.4) is 0 Å². The highest BCUT2D eigenvalue weighted by molar-refractivity contribution is 7.99. The van der Waals surface area contributed by atoms with E-state index in [2.05, 4.69) is 52.0 Å². The third-order valence-corrected chi connectivity index (χ3v) is 5.42. The van der Waals surface area contributed by atoms with Gasteiger partial charge in [0, 0.05) is 11.1 Å². The first-order valence-electron chi connectivity index (χ1n) is 8.76. The van der Waals surface area contributed by atoms with Crippen LogP contribution in [-0.4, -0.2) is 26.3 Å². The van der Waals surface area contributed by atoms with Gasteiger partial charge in [0.1, 0.15) is 0 Å². The summed E-state index contributed by atoms with van der Waals surface area (Å²) in [5, 5.41) is 13.5. The van der Waals surface area contributed by atoms with E-state index in [0.29, 0.717) is 0 Å². The second-order valence-electron chi connectivity index (χ2n) is 6.69. The summed E-state index contributed by atoms with van der Waals surface area (Å²) in [6.07, 6.45) is 0. The number of amides is 1. The average Bonchev–Trinajstić information content (AvgIpc) is 3.07. The van der Waals surface area contributed by atoms with Crippen molar-refractivity contribution in [2.75, 3.05) is 11.1 Å². The van der Waals surface area contributed by atoms with E-state index in [1.165, 1.54) is 28.3 Å². The minimum Gasteiger partial charge on any atom is -0.325 e. The Kier molecular flexibility index (Phi) is 4.58. The largest absolute Gasteiger partial charge is 0.325 e. The van der Waals surface area contributed by atoms with Crippen LogP contribution < -0.4 is 5.32 Å². The molecule has 0 spiro atoms. The van der Waals surface area contributed by atoms with Gasteiger partial charge in [-0.05, 0) is 61.7 Å². The van der Waals surface area contributed by atoms with Gasteiger partial charge in [-0.1, -0.05) is 36.0 Å². The highest BCUT2D eigenvalue weighted by Gasteiger charge is 2.15. The van der Waals surface area contributed by atoms with Gasteiger partial charge in [-0.2, -0.15) is 0 Å². The molecule has 0 bridgehead atoms. The lowest BCUT2D eigenvalue weighted by Gasteiger charge is -2.10. The molecular weight excluding hydrogens is 356 g/mol. The minimum atomic E-state index is -0.0627. The Balaban J connectivity index is 1.67. The summed E-state index contributed by atoms with van der Waals surface area (Å²) in [6, 6.07) is 15.9. The maximum absolute atomic E-state index is 12.3. The van der Waals surface area contributed by atoms with Crippen LogP contribution in [0.4, 0.5) is 5.69 Å². The predicted octanol–water partition coefficient (Wildman–Crippen LogP) is 4.54. The number of carbonyl (C=O) groups excluding carboxylic acids is 1. The van der Waals surface area contributed by atoms with Gasteiger partial charge in [0.2, 0.25) is 5.91 Å². The van der Waals surface area contributed by atoms with Gasteiger partial charge in [-0.15, -0.1) is 10.2 Å². The Hall–Kier alpha value is -2.86. The molecule has 0 aliphatic heterocycles. The molecule has 0 aliphatic carbocycles. The molecule has 0 saturated heterocycles. The summed E-state index contributed by atoms with van der Waals surface area (Å²) >= 11 is 1.40. The molecule has 0 saturated carbocycles. The Morgan fingerprint density at radius 2 is 1.81 bits per heavy atom. The SMILES string of the molecule is Cc1cc(C)c2cc(C)c3nnc(SCC(=O)Nc4ccccc4)n3c2c1. The lowest BCUT2D eigenvalue weighted by atomic mass is 10.0. The van der Waals surface area contributed by atoms with Crippen molar-refractivity contribution in [2.24, 2.45) is 0 Å². The van der Waals surface area contributed by atoms with E-state index in [1.54, 1.807) is 0 Å². The highest BCUT2D eigenvalue weighted by atomic mass is 32.2. The number of benzene rings is 2. The molecule has 5 nitrogen and oxygen atoms in total. The molecule has 0 atom stereocenters. The molecule has 1 N–H and O–H groups in total. The van der Waals surface area contributed by atoms with E-state index >= 15 is 0 Å². The van der Waals surface area contributed by atoms with E-state index in [-0.39, 0.29) is 11.7 Å². The summed E-state index contributed by atoms with van der Waals surface area (Å²) in [5.41, 5.74) is 6.19. The molecule has 6 heteroatoms. The van der Waals surface area contributed by atoms with Crippen LogP contribution in [0.2, 0.25) is 0 Å². The Morgan fingerprint density at radius 1 is 1.04 bits per heavy atom. The number of hydrogen-bond donors (Lipinski definition) is 1. The number of hydrogen-bond acceptors (Lipinski definition) is 4. The summed E-state index contributed by atoms with van der Waals surface area (Å²) in [7, 11) is 0. The summed E-state index contributed by atoms with van der Waals surface area (Å²) in [6.45, 7) is 6.24. The zero-order valence-corrected chi connectivity index (χ0v) is 16.3. The molecule has 2 aromatic carbocycles. The number of thioether (sulfide) groups is 1. The van der Waals surface area contributed by atoms with Crippen LogP contribution in [0.25, 0.3) is 16.6 Å². The normalized spacial score (nSPS) is 11.2. The van der Waals surface area contributed by atoms with Gasteiger partial charge in [0.25, 0.3) is 0 Å². The van der Waals surface area contributed by atoms with E-state index in [0.717, 1.165) is 27.6 Å². The third-order valence-electron chi connectivity index (χ3n) is 4.49. The van der Waals surface area contributed by atoms with Crippen LogP contribution in [0.5, 0.6) is 0 Å². The van der Waals surface area contributed by atoms with Crippen molar-refractivity contribution in [3.05, 3.63) is 65.2 Å². The molecule has 4 aromatic rings. The molecule has 27 heavy (non-hydrogen) atoms. The maximum Gasteiger partial charge on any atom is 0.234 e. The molecule has 0 aliphatic rings. The highest BCUT2D eigenvalue weighted by Crippen LogP contribution is 2.28. The molecule has 2 heterocycles. The Labute approximate surface area is 161 Å². The number of nitrogens with one attached hydrogen (secondary N) is 1. The molecule has 0 radical (unpaired) electrons. The average molecular weight is 376 g/mol. The fourth-order valence-corrected chi connectivity index (χ4v) is 4.04. The maximum atomic E-state index is 12.3. The van der Waals surface area contributed by atoms with E-state index in [9.17, 15) is 4.79 Å². The Morgan fingerprint density at radius 3 is 2.59 bits per heavy atom. The quantitative estimate of drug-likeness (QED) is 0.531. The first-order valence-corrected chi connectivity index (χ1v) is 9.75. The van der Waals surface area contributed by atoms with E-state index < -0.39 is 0 Å². The standard InChI is InChI=1S/C21H20N4OS/c1-13-9-14(2)17-11-15(3)20-23-24-21(25(20)18(17)10-13)27-12-19(26)22-16-7-5-4-6-8-16/h4-11H,12H2,1-3H3,(H,22,26). The van der Waals surface area contributed by atoms with Crippen LogP contribution in [0.1, 0.15) is 16.7 Å². The van der Waals surface area contributed by atoms with Gasteiger partial charge < -0.3 is 5.32 Å². The van der Waals surface area contributed by atoms with Crippen molar-refractivity contribution in [3.63, 3.8) is 0 Å². The minimum absolute atomic E-state index is 0.0627. The van der Waals surface area contributed by atoms with Crippen LogP contribution in [-0.2, 0) is 4.79 Å². The number of aromatic nitrogens is 3. The number of pyridine rings is 1. The summed E-state index contributed by atoms with van der Waals surface area (Å²) in [5.74, 6) is 0.211. The first kappa shape index (κ1) is 17.5. The van der Waals surface area contributed by atoms with Gasteiger partial charge in [0.15, 0.2) is 10.8 Å². The number of aryl methyl sites for hydroxylation is 3. The van der Waals surface area contributed by atoms with Crippen molar-refractivity contribution < 1.29 is 4.79 Å². The molecule has 4 rings (SSSR count). The van der Waals surface area contributed by atoms with Crippen molar-refractivity contribution in [2.45, 2.75) is 25.9 Å². The van der Waals surface area contributed by atoms with Crippen LogP contribution >= 0.6 is 11.8 Å². The molecule has 136 valence electrons. The smallest absolute Gasteiger partial charge is 0.234 e. The number of nitrogens with zero attached hydrogens (tertiary/aromatic N) is 3. The number of fused-ring (bicyclic) bond motifs is 3. The second kappa shape index (κ2) is 7.04. The van der Waals surface area contributed by atoms with Crippen LogP contribution in [0, 0.1) is 20.8 Å². The molecular formula is C21H20N4OS. The molecule has 2 aromatic heterocycles. The van der Waals surface area contributed by atoms with Gasteiger partial charge >= 0.3 is 0 Å². The third kappa shape index (κ3) is 3.40. The number of para-hydroxylation sites is 1. The van der Waals surface area contributed by atoms with Gasteiger partial charge in [-0.3, -0.25) is 9.20 Å². The fourth-order valence-electron chi connectivity index (χ4n) is 3.29. The number of carbonyl (C=O) groups is 1. The first-order chi connectivity index (χ1) is 13.0. The van der Waals surface area contributed by atoms with Gasteiger partial charge in [-0.25, -0.2) is 0 Å². The van der Waals surface area contributed by atoms with E-state index in [4.69, 9.17) is 0 Å². The predicted molar refractivity (Wildman–Crippen MR) is 110 cm³/mol. The number of anilines is 1. The summed E-state index contributed by atoms with van der Waals surface area (Å²) in [4.78, 5) is 12.3. The zero-order valence-electron chi connectivity index (χ0n) is 15.5. The van der Waals surface area contributed by atoms with Crippen LogP contribution in [0.15, 0.2) is 53.7 Å². The second-order valence-corrected chi connectivity index (χ2v) is 7.63. The van der Waals surface area contributed by atoms with E-state index in [1.807, 2.05) is 37.3 Å². The van der Waals surface area contributed by atoms with Crippen molar-refractivity contribution in [1.82, 2.24) is 14.6 Å². The molecule has 0 fully saturated rings. The van der Waals surface area contributed by atoms with Gasteiger partial charge in [0.05, 0.1) is 11.3 Å². The van der Waals surface area contributed by atoms with Crippen molar-refractivity contribution >= 4 is 39.9 Å². The fraction of sp³-hybridized carbons (Fsp3) is 0.190. The zero-order chi connectivity index (χ0) is 19.0. The topological polar surface area (TPSA) is 59.3 Å². The summed E-state index contributed by atoms with van der Waals surface area (Å²) < 4.78 is 2.06. The van der Waals surface area contributed by atoms with Crippen molar-refractivity contribution in [3.8, 4) is 0 Å². The van der Waals surface area contributed by atoms with Crippen molar-refractivity contribution in [1.29, 1.82) is 0 Å². The monoisotopic (exact) mass is 376 g/mol. The number of rotatable bonds is 4. The molecule has 1 amide bonds. The lowest BCUT2D eigenvalue weighted by Crippen LogP contribution is -2.14. The molecule has 0 unspecified atom stereocenters. The lowest BCUT2D eigenvalue weighted by molar-refractivity contribution is -0.113. The Bertz CT molecular complexity index is 1150.